The Morgan fingerprint density at radius 1 is 1.20 bits per heavy atom. The van der Waals surface area contributed by atoms with Crippen molar-refractivity contribution < 1.29 is 0 Å². The molecule has 104 valence electrons. The molecule has 5 rings (SSSR count). The van der Waals surface area contributed by atoms with Gasteiger partial charge in [0.25, 0.3) is 0 Å². The van der Waals surface area contributed by atoms with E-state index in [4.69, 9.17) is 5.26 Å². The summed E-state index contributed by atoms with van der Waals surface area (Å²) in [6, 6.07) is 2.13. The van der Waals surface area contributed by atoms with E-state index >= 15 is 0 Å². The molecule has 4 saturated carbocycles. The molecule has 1 aromatic rings. The molecule has 0 unspecified atom stereocenters. The molecule has 20 heavy (non-hydrogen) atoms. The van der Waals surface area contributed by atoms with Gasteiger partial charge in [-0.3, -0.25) is 0 Å². The predicted octanol–water partition coefficient (Wildman–Crippen LogP) is 2.92. The number of nitriles is 1. The van der Waals surface area contributed by atoms with Gasteiger partial charge in [-0.15, -0.1) is 5.10 Å². The van der Waals surface area contributed by atoms with Gasteiger partial charge >= 0.3 is 0 Å². The van der Waals surface area contributed by atoms with E-state index in [-0.39, 0.29) is 0 Å². The molecule has 1 heterocycles. The van der Waals surface area contributed by atoms with E-state index in [0.717, 1.165) is 23.4 Å². The second-order valence-corrected chi connectivity index (χ2v) is 7.17. The first-order valence-corrected chi connectivity index (χ1v) is 7.66. The molecule has 0 radical (unpaired) electrons. The minimum absolute atomic E-state index is 0.395. The number of rotatable bonds is 2. The summed E-state index contributed by atoms with van der Waals surface area (Å²) in [5.41, 5.74) is 1.68. The van der Waals surface area contributed by atoms with Crippen molar-refractivity contribution in [3.63, 3.8) is 0 Å². The summed E-state index contributed by atoms with van der Waals surface area (Å²) in [6.45, 7) is 0. The van der Waals surface area contributed by atoms with Gasteiger partial charge in [-0.2, -0.15) is 5.26 Å². The Kier molecular flexibility index (Phi) is 2.54. The van der Waals surface area contributed by atoms with E-state index in [1.54, 1.807) is 4.68 Å². The maximum atomic E-state index is 9.09. The second kappa shape index (κ2) is 4.18. The highest BCUT2D eigenvalue weighted by molar-refractivity contribution is 5.52. The van der Waals surface area contributed by atoms with Gasteiger partial charge in [-0.1, -0.05) is 11.3 Å². The molecule has 4 fully saturated rings. The second-order valence-electron chi connectivity index (χ2n) is 7.17. The maximum absolute atomic E-state index is 9.09. The monoisotopic (exact) mass is 268 g/mol. The third-order valence-electron chi connectivity index (χ3n) is 5.66. The molecule has 0 N–H and O–H groups in total. The molecule has 4 aliphatic rings. The Balaban J connectivity index is 1.64. The number of aromatic nitrogens is 3. The third kappa shape index (κ3) is 1.80. The predicted molar refractivity (Wildman–Crippen MR) is 75.4 cm³/mol. The molecule has 1 aromatic heterocycles. The zero-order chi connectivity index (χ0) is 13.7. The minimum atomic E-state index is 0.395. The number of aryl methyl sites for hydroxylation is 1. The van der Waals surface area contributed by atoms with Crippen LogP contribution in [-0.4, -0.2) is 15.0 Å². The fourth-order valence-corrected chi connectivity index (χ4v) is 5.27. The Labute approximate surface area is 119 Å². The van der Waals surface area contributed by atoms with E-state index in [1.807, 2.05) is 7.05 Å². The van der Waals surface area contributed by atoms with Crippen molar-refractivity contribution >= 4 is 6.08 Å². The van der Waals surface area contributed by atoms with Crippen molar-refractivity contribution in [1.82, 2.24) is 15.0 Å². The summed E-state index contributed by atoms with van der Waals surface area (Å²) in [7, 11) is 1.85. The zero-order valence-electron chi connectivity index (χ0n) is 11.9. The van der Waals surface area contributed by atoms with Gasteiger partial charge in [0, 0.05) is 7.05 Å². The first-order chi connectivity index (χ1) is 9.67. The van der Waals surface area contributed by atoms with Crippen LogP contribution in [0.5, 0.6) is 0 Å². The average molecular weight is 268 g/mol. The molecule has 0 atom stereocenters. The molecule has 0 spiro atoms. The van der Waals surface area contributed by atoms with Crippen molar-refractivity contribution in [3.05, 3.63) is 17.5 Å². The summed E-state index contributed by atoms with van der Waals surface area (Å²) < 4.78 is 1.70. The normalized spacial score (nSPS) is 38.5. The number of allylic oxidation sites excluding steroid dienone is 1. The van der Waals surface area contributed by atoms with Gasteiger partial charge in [0.05, 0.1) is 5.69 Å². The van der Waals surface area contributed by atoms with Crippen molar-refractivity contribution in [1.29, 1.82) is 5.26 Å². The minimum Gasteiger partial charge on any atom is -0.247 e. The Morgan fingerprint density at radius 3 is 2.35 bits per heavy atom. The van der Waals surface area contributed by atoms with E-state index in [1.165, 1.54) is 38.5 Å². The standard InChI is InChI=1S/C16H20N4/c1-20-15(14(10-17)18-19-20)2-3-16-7-11-4-12(8-16)6-13(5-11)9-16/h2-3,11-13H,4-9H2,1H3/b3-2+. The van der Waals surface area contributed by atoms with Crippen molar-refractivity contribution in [2.75, 3.05) is 0 Å². The van der Waals surface area contributed by atoms with Crippen LogP contribution in [-0.2, 0) is 7.05 Å². The van der Waals surface area contributed by atoms with Crippen LogP contribution in [0.2, 0.25) is 0 Å². The molecule has 4 aliphatic carbocycles. The molecule has 0 aromatic carbocycles. The summed E-state index contributed by atoms with van der Waals surface area (Å²) >= 11 is 0. The smallest absolute Gasteiger partial charge is 0.189 e. The van der Waals surface area contributed by atoms with Gasteiger partial charge in [0.15, 0.2) is 5.69 Å². The molecular formula is C16H20N4. The van der Waals surface area contributed by atoms with Crippen molar-refractivity contribution in [2.45, 2.75) is 38.5 Å². The van der Waals surface area contributed by atoms with Crippen LogP contribution in [0.1, 0.15) is 49.9 Å². The van der Waals surface area contributed by atoms with Crippen molar-refractivity contribution in [2.24, 2.45) is 30.2 Å². The van der Waals surface area contributed by atoms with Crippen LogP contribution in [0.25, 0.3) is 6.08 Å². The molecule has 4 nitrogen and oxygen atoms in total. The SMILES string of the molecule is Cn1nnc(C#N)c1/C=C/C12CC3CC(CC(C3)C1)C2. The zero-order valence-corrected chi connectivity index (χ0v) is 11.9. The maximum Gasteiger partial charge on any atom is 0.189 e. The highest BCUT2D eigenvalue weighted by Gasteiger charge is 2.49. The summed E-state index contributed by atoms with van der Waals surface area (Å²) in [6.07, 6.45) is 12.9. The summed E-state index contributed by atoms with van der Waals surface area (Å²) in [4.78, 5) is 0. The van der Waals surface area contributed by atoms with Gasteiger partial charge in [-0.25, -0.2) is 4.68 Å². The Bertz CT molecular complexity index is 569. The molecular weight excluding hydrogens is 248 g/mol. The lowest BCUT2D eigenvalue weighted by atomic mass is 9.49. The Morgan fingerprint density at radius 2 is 1.80 bits per heavy atom. The topological polar surface area (TPSA) is 54.5 Å². The van der Waals surface area contributed by atoms with Crippen LogP contribution < -0.4 is 0 Å². The lowest BCUT2D eigenvalue weighted by Crippen LogP contribution is -2.44. The number of hydrogen-bond donors (Lipinski definition) is 0. The van der Waals surface area contributed by atoms with Gasteiger partial charge in [0.2, 0.25) is 0 Å². The van der Waals surface area contributed by atoms with E-state index in [2.05, 4.69) is 28.5 Å². The van der Waals surface area contributed by atoms with Gasteiger partial charge < -0.3 is 0 Å². The van der Waals surface area contributed by atoms with Crippen LogP contribution in [0.4, 0.5) is 0 Å². The van der Waals surface area contributed by atoms with Crippen LogP contribution >= 0.6 is 0 Å². The highest BCUT2D eigenvalue weighted by atomic mass is 15.4. The van der Waals surface area contributed by atoms with E-state index in [9.17, 15) is 0 Å². The average Bonchev–Trinajstić information content (AvgIpc) is 2.75. The summed E-state index contributed by atoms with van der Waals surface area (Å²) in [5, 5.41) is 16.9. The van der Waals surface area contributed by atoms with Gasteiger partial charge in [-0.05, 0) is 67.8 Å². The third-order valence-corrected chi connectivity index (χ3v) is 5.66. The van der Waals surface area contributed by atoms with Crippen LogP contribution in [0, 0.1) is 34.5 Å². The first-order valence-electron chi connectivity index (χ1n) is 7.66. The lowest BCUT2D eigenvalue weighted by molar-refractivity contribution is -0.0233. The Hall–Kier alpha value is -1.63. The van der Waals surface area contributed by atoms with Crippen LogP contribution in [0.3, 0.4) is 0 Å². The molecule has 4 bridgehead atoms. The largest absolute Gasteiger partial charge is 0.247 e. The summed E-state index contributed by atoms with van der Waals surface area (Å²) in [5.74, 6) is 2.85. The first kappa shape index (κ1) is 12.1. The molecule has 0 amide bonds. The van der Waals surface area contributed by atoms with Crippen LogP contribution in [0.15, 0.2) is 6.08 Å². The highest BCUT2D eigenvalue weighted by Crippen LogP contribution is 2.60. The molecule has 4 heteroatoms. The van der Waals surface area contributed by atoms with Crippen molar-refractivity contribution in [3.8, 4) is 6.07 Å². The van der Waals surface area contributed by atoms with E-state index in [0.29, 0.717) is 11.1 Å². The lowest BCUT2D eigenvalue weighted by Gasteiger charge is -2.55. The quantitative estimate of drug-likeness (QED) is 0.828. The van der Waals surface area contributed by atoms with E-state index < -0.39 is 0 Å². The van der Waals surface area contributed by atoms with Gasteiger partial charge in [0.1, 0.15) is 6.07 Å². The molecule has 0 saturated heterocycles. The number of nitrogens with zero attached hydrogens (tertiary/aromatic N) is 4. The fraction of sp³-hybridized carbons (Fsp3) is 0.688. The fourth-order valence-electron chi connectivity index (χ4n) is 5.27. The number of hydrogen-bond acceptors (Lipinski definition) is 3. The molecule has 0 aliphatic heterocycles.